The van der Waals surface area contributed by atoms with Crippen molar-refractivity contribution >= 4 is 23.4 Å². The van der Waals surface area contributed by atoms with Crippen molar-refractivity contribution in [2.24, 2.45) is 0 Å². The van der Waals surface area contributed by atoms with E-state index in [9.17, 15) is 14.4 Å². The highest BCUT2D eigenvalue weighted by molar-refractivity contribution is 6.38. The second-order valence-corrected chi connectivity index (χ2v) is 5.88. The number of imide groups is 1. The number of anilines is 1. The fourth-order valence-electron chi connectivity index (χ4n) is 2.33. The maximum atomic E-state index is 12.5. The zero-order chi connectivity index (χ0) is 18.4. The summed E-state index contributed by atoms with van der Waals surface area (Å²) >= 11 is 0. The zero-order valence-electron chi connectivity index (χ0n) is 14.2. The van der Waals surface area contributed by atoms with E-state index in [4.69, 9.17) is 5.73 Å². The van der Waals surface area contributed by atoms with E-state index in [0.717, 1.165) is 5.56 Å². The van der Waals surface area contributed by atoms with E-state index < -0.39 is 17.7 Å². The molecule has 2 rings (SSSR count). The molecule has 0 atom stereocenters. The van der Waals surface area contributed by atoms with Crippen molar-refractivity contribution in [3.05, 3.63) is 65.7 Å². The Morgan fingerprint density at radius 1 is 1.00 bits per heavy atom. The molecular weight excluding hydrogens is 318 g/mol. The predicted molar refractivity (Wildman–Crippen MR) is 95.5 cm³/mol. The van der Waals surface area contributed by atoms with Crippen LogP contribution < -0.4 is 11.1 Å². The number of benzene rings is 2. The fraction of sp³-hybridized carbons (Fsp3) is 0.211. The quantitative estimate of drug-likeness (QED) is 0.658. The van der Waals surface area contributed by atoms with E-state index in [2.05, 4.69) is 5.32 Å². The van der Waals surface area contributed by atoms with Gasteiger partial charge in [-0.3, -0.25) is 19.7 Å². The molecule has 130 valence electrons. The maximum Gasteiger partial charge on any atom is 0.316 e. The Morgan fingerprint density at radius 3 is 2.20 bits per heavy atom. The van der Waals surface area contributed by atoms with Gasteiger partial charge in [-0.1, -0.05) is 42.5 Å². The standard InChI is InChI=1S/C19H21N3O3/c1-13(2)22(12-14-8-4-3-5-9-14)19(25)18(24)21-17(23)15-10-6-7-11-16(15)20/h3-11,13H,12,20H2,1-2H3,(H,21,23,24). The molecule has 6 heteroatoms. The second-order valence-electron chi connectivity index (χ2n) is 5.88. The SMILES string of the molecule is CC(C)N(Cc1ccccc1)C(=O)C(=O)NC(=O)c1ccccc1N. The average Bonchev–Trinajstić information content (AvgIpc) is 2.60. The monoisotopic (exact) mass is 339 g/mol. The summed E-state index contributed by atoms with van der Waals surface area (Å²) in [6.07, 6.45) is 0. The lowest BCUT2D eigenvalue weighted by Crippen LogP contribution is -2.47. The van der Waals surface area contributed by atoms with E-state index in [1.807, 2.05) is 44.2 Å². The first-order valence-electron chi connectivity index (χ1n) is 7.95. The number of para-hydroxylation sites is 1. The number of nitrogens with one attached hydrogen (secondary N) is 1. The third kappa shape index (κ3) is 4.67. The Hall–Kier alpha value is -3.15. The Kier molecular flexibility index (Phi) is 5.89. The van der Waals surface area contributed by atoms with Crippen LogP contribution in [0.3, 0.4) is 0 Å². The van der Waals surface area contributed by atoms with Crippen LogP contribution >= 0.6 is 0 Å². The Bertz CT molecular complexity index is 772. The minimum absolute atomic E-state index is 0.155. The van der Waals surface area contributed by atoms with E-state index in [1.165, 1.54) is 11.0 Å². The molecule has 0 saturated carbocycles. The first kappa shape index (κ1) is 18.2. The van der Waals surface area contributed by atoms with Crippen LogP contribution in [-0.2, 0) is 16.1 Å². The Morgan fingerprint density at radius 2 is 1.60 bits per heavy atom. The summed E-state index contributed by atoms with van der Waals surface area (Å²) in [7, 11) is 0. The number of carbonyl (C=O) groups is 3. The molecule has 0 heterocycles. The van der Waals surface area contributed by atoms with Gasteiger partial charge in [0.2, 0.25) is 0 Å². The van der Waals surface area contributed by atoms with Crippen LogP contribution in [-0.4, -0.2) is 28.7 Å². The third-order valence-corrected chi connectivity index (χ3v) is 3.71. The zero-order valence-corrected chi connectivity index (χ0v) is 14.2. The average molecular weight is 339 g/mol. The number of nitrogen functional groups attached to an aromatic ring is 1. The number of hydrogen-bond acceptors (Lipinski definition) is 4. The summed E-state index contributed by atoms with van der Waals surface area (Å²) in [5.74, 6) is -2.43. The van der Waals surface area contributed by atoms with Gasteiger partial charge in [-0.2, -0.15) is 0 Å². The molecule has 2 aromatic carbocycles. The molecule has 0 spiro atoms. The third-order valence-electron chi connectivity index (χ3n) is 3.71. The van der Waals surface area contributed by atoms with Gasteiger partial charge in [0, 0.05) is 18.3 Å². The number of nitrogens with two attached hydrogens (primary N) is 1. The summed E-state index contributed by atoms with van der Waals surface area (Å²) in [6.45, 7) is 3.91. The molecule has 3 N–H and O–H groups in total. The molecule has 0 aliphatic rings. The van der Waals surface area contributed by atoms with Gasteiger partial charge in [0.25, 0.3) is 5.91 Å². The van der Waals surface area contributed by atoms with E-state index >= 15 is 0 Å². The van der Waals surface area contributed by atoms with Crippen LogP contribution in [0.25, 0.3) is 0 Å². The predicted octanol–water partition coefficient (Wildman–Crippen LogP) is 1.96. The lowest BCUT2D eigenvalue weighted by molar-refractivity contribution is -0.147. The topological polar surface area (TPSA) is 92.5 Å². The molecule has 0 aliphatic heterocycles. The lowest BCUT2D eigenvalue weighted by Gasteiger charge is -2.26. The van der Waals surface area contributed by atoms with Crippen LogP contribution in [0.4, 0.5) is 5.69 Å². The van der Waals surface area contributed by atoms with E-state index in [1.54, 1.807) is 18.2 Å². The van der Waals surface area contributed by atoms with Crippen molar-refractivity contribution in [1.29, 1.82) is 0 Å². The number of rotatable bonds is 4. The summed E-state index contributed by atoms with van der Waals surface area (Å²) < 4.78 is 0. The number of hydrogen-bond donors (Lipinski definition) is 2. The molecule has 0 fully saturated rings. The molecule has 0 aliphatic carbocycles. The van der Waals surface area contributed by atoms with E-state index in [0.29, 0.717) is 0 Å². The molecule has 0 aromatic heterocycles. The van der Waals surface area contributed by atoms with Gasteiger partial charge in [0.05, 0.1) is 5.56 Å². The van der Waals surface area contributed by atoms with Crippen molar-refractivity contribution in [2.45, 2.75) is 26.4 Å². The molecular formula is C19H21N3O3. The number of amides is 3. The number of carbonyl (C=O) groups excluding carboxylic acids is 3. The van der Waals surface area contributed by atoms with Crippen LogP contribution in [0.15, 0.2) is 54.6 Å². The van der Waals surface area contributed by atoms with Gasteiger partial charge in [-0.05, 0) is 31.5 Å². The highest BCUT2D eigenvalue weighted by atomic mass is 16.2. The summed E-state index contributed by atoms with van der Waals surface area (Å²) in [6, 6.07) is 15.5. The normalized spacial score (nSPS) is 10.4. The molecule has 3 amide bonds. The Labute approximate surface area is 146 Å². The largest absolute Gasteiger partial charge is 0.398 e. The van der Waals surface area contributed by atoms with Crippen LogP contribution in [0, 0.1) is 0 Å². The maximum absolute atomic E-state index is 12.5. The smallest absolute Gasteiger partial charge is 0.316 e. The van der Waals surface area contributed by atoms with Crippen molar-refractivity contribution in [2.75, 3.05) is 5.73 Å². The fourth-order valence-corrected chi connectivity index (χ4v) is 2.33. The minimum Gasteiger partial charge on any atom is -0.398 e. The molecule has 6 nitrogen and oxygen atoms in total. The summed E-state index contributed by atoms with van der Waals surface area (Å²) in [5, 5.41) is 2.11. The highest BCUT2D eigenvalue weighted by Gasteiger charge is 2.26. The van der Waals surface area contributed by atoms with Crippen LogP contribution in [0.2, 0.25) is 0 Å². The van der Waals surface area contributed by atoms with Crippen molar-refractivity contribution in [3.8, 4) is 0 Å². The summed E-state index contributed by atoms with van der Waals surface area (Å²) in [5.41, 5.74) is 7.01. The minimum atomic E-state index is -0.974. The van der Waals surface area contributed by atoms with Crippen molar-refractivity contribution in [3.63, 3.8) is 0 Å². The van der Waals surface area contributed by atoms with Gasteiger partial charge < -0.3 is 10.6 Å². The van der Waals surface area contributed by atoms with Crippen LogP contribution in [0.1, 0.15) is 29.8 Å². The lowest BCUT2D eigenvalue weighted by atomic mass is 10.1. The van der Waals surface area contributed by atoms with E-state index in [-0.39, 0.29) is 23.8 Å². The molecule has 0 radical (unpaired) electrons. The van der Waals surface area contributed by atoms with Gasteiger partial charge in [-0.25, -0.2) is 0 Å². The highest BCUT2D eigenvalue weighted by Crippen LogP contribution is 2.11. The Balaban J connectivity index is 2.09. The number of nitrogens with zero attached hydrogens (tertiary/aromatic N) is 1. The van der Waals surface area contributed by atoms with Gasteiger partial charge >= 0.3 is 11.8 Å². The molecule has 0 unspecified atom stereocenters. The summed E-state index contributed by atoms with van der Waals surface area (Å²) in [4.78, 5) is 38.2. The molecule has 2 aromatic rings. The molecule has 0 bridgehead atoms. The first-order valence-corrected chi connectivity index (χ1v) is 7.95. The van der Waals surface area contributed by atoms with Crippen molar-refractivity contribution < 1.29 is 14.4 Å². The first-order chi connectivity index (χ1) is 11.9. The van der Waals surface area contributed by atoms with Crippen molar-refractivity contribution in [1.82, 2.24) is 10.2 Å². The molecule has 0 saturated heterocycles. The van der Waals surface area contributed by atoms with Crippen LogP contribution in [0.5, 0.6) is 0 Å². The van der Waals surface area contributed by atoms with Gasteiger partial charge in [0.1, 0.15) is 0 Å². The van der Waals surface area contributed by atoms with Gasteiger partial charge in [0.15, 0.2) is 0 Å². The van der Waals surface area contributed by atoms with Gasteiger partial charge in [-0.15, -0.1) is 0 Å². The second kappa shape index (κ2) is 8.10. The molecule has 25 heavy (non-hydrogen) atoms.